The minimum Gasteiger partial charge on any atom is -0.381 e. The van der Waals surface area contributed by atoms with Gasteiger partial charge in [0.1, 0.15) is 0 Å². The summed E-state index contributed by atoms with van der Waals surface area (Å²) in [4.78, 5) is 2.55. The number of halogens is 3. The minimum atomic E-state index is 0.478. The first-order chi connectivity index (χ1) is 9.61. The molecule has 1 N–H and O–H groups in total. The summed E-state index contributed by atoms with van der Waals surface area (Å²) in [5.41, 5.74) is 0.939. The van der Waals surface area contributed by atoms with Crippen LogP contribution in [0.25, 0.3) is 0 Å². The molecule has 112 valence electrons. The van der Waals surface area contributed by atoms with Crippen LogP contribution in [0.3, 0.4) is 0 Å². The van der Waals surface area contributed by atoms with Crippen molar-refractivity contribution in [1.29, 1.82) is 0 Å². The molecule has 0 aromatic heterocycles. The second-order valence-corrected chi connectivity index (χ2v) is 6.95. The van der Waals surface area contributed by atoms with Crippen LogP contribution in [0.15, 0.2) is 16.6 Å². The third-order valence-electron chi connectivity index (χ3n) is 3.76. The molecule has 1 atom stereocenters. The van der Waals surface area contributed by atoms with E-state index in [2.05, 4.69) is 33.1 Å². The summed E-state index contributed by atoms with van der Waals surface area (Å²) in [6.45, 7) is 5.82. The van der Waals surface area contributed by atoms with Gasteiger partial charge >= 0.3 is 0 Å². The van der Waals surface area contributed by atoms with Crippen molar-refractivity contribution >= 4 is 44.8 Å². The predicted octanol–water partition coefficient (Wildman–Crippen LogP) is 5.43. The molecule has 0 spiro atoms. The van der Waals surface area contributed by atoms with Gasteiger partial charge in [-0.1, -0.05) is 30.1 Å². The molecule has 1 aromatic rings. The number of nitrogens with zero attached hydrogens (tertiary/aromatic N) is 1. The van der Waals surface area contributed by atoms with Crippen molar-refractivity contribution in [2.24, 2.45) is 0 Å². The topological polar surface area (TPSA) is 15.3 Å². The lowest BCUT2D eigenvalue weighted by Gasteiger charge is -2.21. The van der Waals surface area contributed by atoms with Crippen molar-refractivity contribution in [3.05, 3.63) is 26.7 Å². The Bertz CT molecular complexity index is 454. The first-order valence-corrected chi connectivity index (χ1v) is 8.79. The highest BCUT2D eigenvalue weighted by molar-refractivity contribution is 9.10. The Morgan fingerprint density at radius 3 is 2.80 bits per heavy atom. The summed E-state index contributed by atoms with van der Waals surface area (Å²) in [6.07, 6.45) is 4.81. The lowest BCUT2D eigenvalue weighted by atomic mass is 10.1. The number of likely N-dealkylation sites (tertiary alicyclic amines) is 1. The van der Waals surface area contributed by atoms with E-state index in [1.807, 2.05) is 12.1 Å². The second kappa shape index (κ2) is 7.88. The standard InChI is InChI=1S/C15H21BrCl2N2/c1-2-8-20-9-3-4-11(7-10-20)19-13-6-5-12(16)14(17)15(13)18/h5-6,11,19H,2-4,7-10H2,1H3. The van der Waals surface area contributed by atoms with Crippen LogP contribution < -0.4 is 5.32 Å². The number of rotatable bonds is 4. The van der Waals surface area contributed by atoms with Gasteiger partial charge in [-0.05, 0) is 66.8 Å². The molecule has 0 amide bonds. The Labute approximate surface area is 139 Å². The summed E-state index contributed by atoms with van der Waals surface area (Å²) in [7, 11) is 0. The Balaban J connectivity index is 1.98. The number of nitrogens with one attached hydrogen (secondary N) is 1. The highest BCUT2D eigenvalue weighted by Crippen LogP contribution is 2.36. The summed E-state index contributed by atoms with van der Waals surface area (Å²) in [6, 6.07) is 4.41. The summed E-state index contributed by atoms with van der Waals surface area (Å²) >= 11 is 15.9. The molecule has 1 saturated heterocycles. The second-order valence-electron chi connectivity index (χ2n) is 5.34. The molecule has 1 fully saturated rings. The fraction of sp³-hybridized carbons (Fsp3) is 0.600. The van der Waals surface area contributed by atoms with E-state index in [0.29, 0.717) is 16.1 Å². The van der Waals surface area contributed by atoms with Crippen molar-refractivity contribution in [3.63, 3.8) is 0 Å². The van der Waals surface area contributed by atoms with E-state index in [9.17, 15) is 0 Å². The maximum Gasteiger partial charge on any atom is 0.0835 e. The average molecular weight is 380 g/mol. The van der Waals surface area contributed by atoms with Gasteiger partial charge in [-0.2, -0.15) is 0 Å². The molecule has 1 unspecified atom stereocenters. The van der Waals surface area contributed by atoms with Gasteiger partial charge in [0.25, 0.3) is 0 Å². The predicted molar refractivity (Wildman–Crippen MR) is 92.2 cm³/mol. The van der Waals surface area contributed by atoms with Crippen LogP contribution in [0.5, 0.6) is 0 Å². The van der Waals surface area contributed by atoms with E-state index in [4.69, 9.17) is 23.2 Å². The van der Waals surface area contributed by atoms with Crippen LogP contribution >= 0.6 is 39.1 Å². The third kappa shape index (κ3) is 4.27. The van der Waals surface area contributed by atoms with Gasteiger partial charge < -0.3 is 10.2 Å². The van der Waals surface area contributed by atoms with E-state index in [0.717, 1.165) is 23.1 Å². The minimum absolute atomic E-state index is 0.478. The lowest BCUT2D eigenvalue weighted by Crippen LogP contribution is -2.27. The molecule has 1 aliphatic heterocycles. The molecular weight excluding hydrogens is 359 g/mol. The molecular formula is C15H21BrCl2N2. The van der Waals surface area contributed by atoms with E-state index in [1.54, 1.807) is 0 Å². The van der Waals surface area contributed by atoms with Gasteiger partial charge in [0.2, 0.25) is 0 Å². The fourth-order valence-corrected chi connectivity index (χ4v) is 3.53. The number of benzene rings is 1. The molecule has 2 rings (SSSR count). The van der Waals surface area contributed by atoms with E-state index in [1.165, 1.54) is 32.4 Å². The quantitative estimate of drug-likeness (QED) is 0.701. The highest BCUT2D eigenvalue weighted by atomic mass is 79.9. The highest BCUT2D eigenvalue weighted by Gasteiger charge is 2.18. The molecule has 5 heteroatoms. The van der Waals surface area contributed by atoms with Crippen LogP contribution in [0.2, 0.25) is 10.0 Å². The largest absolute Gasteiger partial charge is 0.381 e. The number of hydrogen-bond acceptors (Lipinski definition) is 2. The maximum atomic E-state index is 6.30. The van der Waals surface area contributed by atoms with Crippen LogP contribution in [0, 0.1) is 0 Å². The summed E-state index contributed by atoms with van der Waals surface area (Å²) in [5, 5.41) is 4.74. The summed E-state index contributed by atoms with van der Waals surface area (Å²) < 4.78 is 0.838. The summed E-state index contributed by atoms with van der Waals surface area (Å²) in [5.74, 6) is 0. The van der Waals surface area contributed by atoms with Gasteiger partial charge in [0.05, 0.1) is 15.7 Å². The Hall–Kier alpha value is 0.0400. The third-order valence-corrected chi connectivity index (χ3v) is 5.53. The maximum absolute atomic E-state index is 6.30. The fourth-order valence-electron chi connectivity index (χ4n) is 2.70. The van der Waals surface area contributed by atoms with E-state index in [-0.39, 0.29) is 0 Å². The molecule has 2 nitrogen and oxygen atoms in total. The van der Waals surface area contributed by atoms with Crippen molar-refractivity contribution in [2.75, 3.05) is 25.0 Å². The molecule has 1 aromatic carbocycles. The molecule has 0 saturated carbocycles. The number of hydrogen-bond donors (Lipinski definition) is 1. The Morgan fingerprint density at radius 1 is 1.25 bits per heavy atom. The molecule has 0 bridgehead atoms. The van der Waals surface area contributed by atoms with Gasteiger partial charge in [-0.25, -0.2) is 0 Å². The average Bonchev–Trinajstić information content (AvgIpc) is 2.66. The van der Waals surface area contributed by atoms with Crippen molar-refractivity contribution in [2.45, 2.75) is 38.6 Å². The first kappa shape index (κ1) is 16.4. The van der Waals surface area contributed by atoms with E-state index < -0.39 is 0 Å². The zero-order valence-electron chi connectivity index (χ0n) is 11.8. The van der Waals surface area contributed by atoms with Gasteiger partial charge in [0, 0.05) is 17.1 Å². The lowest BCUT2D eigenvalue weighted by molar-refractivity contribution is 0.285. The molecule has 20 heavy (non-hydrogen) atoms. The van der Waals surface area contributed by atoms with Gasteiger partial charge in [0.15, 0.2) is 0 Å². The van der Waals surface area contributed by atoms with Crippen molar-refractivity contribution in [3.8, 4) is 0 Å². The van der Waals surface area contributed by atoms with Crippen molar-refractivity contribution < 1.29 is 0 Å². The van der Waals surface area contributed by atoms with E-state index >= 15 is 0 Å². The molecule has 1 heterocycles. The molecule has 0 aliphatic carbocycles. The Morgan fingerprint density at radius 2 is 2.05 bits per heavy atom. The van der Waals surface area contributed by atoms with Crippen LogP contribution in [0.1, 0.15) is 32.6 Å². The van der Waals surface area contributed by atoms with Crippen LogP contribution in [-0.4, -0.2) is 30.6 Å². The van der Waals surface area contributed by atoms with Gasteiger partial charge in [-0.3, -0.25) is 0 Å². The van der Waals surface area contributed by atoms with Crippen LogP contribution in [0.4, 0.5) is 5.69 Å². The smallest absolute Gasteiger partial charge is 0.0835 e. The molecule has 0 radical (unpaired) electrons. The molecule has 1 aliphatic rings. The number of anilines is 1. The van der Waals surface area contributed by atoms with Crippen LogP contribution in [-0.2, 0) is 0 Å². The normalized spacial score (nSPS) is 20.7. The Kier molecular flexibility index (Phi) is 6.47. The van der Waals surface area contributed by atoms with Crippen molar-refractivity contribution in [1.82, 2.24) is 4.90 Å². The SMILES string of the molecule is CCCN1CCCC(Nc2ccc(Br)c(Cl)c2Cl)CC1. The van der Waals surface area contributed by atoms with Gasteiger partial charge in [-0.15, -0.1) is 0 Å². The zero-order chi connectivity index (χ0) is 14.5. The zero-order valence-corrected chi connectivity index (χ0v) is 14.9. The first-order valence-electron chi connectivity index (χ1n) is 7.24. The monoisotopic (exact) mass is 378 g/mol.